The third-order valence-electron chi connectivity index (χ3n) is 0.689. The SMILES string of the molecule is CC(C)NC(=S)CC#N. The van der Waals surface area contributed by atoms with Gasteiger partial charge in [0.05, 0.1) is 17.5 Å². The zero-order chi connectivity index (χ0) is 7.28. The summed E-state index contributed by atoms with van der Waals surface area (Å²) in [5.41, 5.74) is 0. The fourth-order valence-electron chi connectivity index (χ4n) is 0.445. The van der Waals surface area contributed by atoms with Crippen LogP contribution < -0.4 is 5.32 Å². The van der Waals surface area contributed by atoms with Gasteiger partial charge in [0, 0.05) is 6.04 Å². The summed E-state index contributed by atoms with van der Waals surface area (Å²) in [5.74, 6) is 0. The molecule has 0 heterocycles. The van der Waals surface area contributed by atoms with E-state index in [9.17, 15) is 0 Å². The van der Waals surface area contributed by atoms with E-state index in [0.717, 1.165) is 0 Å². The van der Waals surface area contributed by atoms with Gasteiger partial charge in [-0.2, -0.15) is 5.26 Å². The number of thiocarbonyl (C=S) groups is 1. The van der Waals surface area contributed by atoms with Crippen molar-refractivity contribution < 1.29 is 0 Å². The van der Waals surface area contributed by atoms with E-state index in [2.05, 4.69) is 5.32 Å². The van der Waals surface area contributed by atoms with Gasteiger partial charge in [0.1, 0.15) is 0 Å². The predicted molar refractivity (Wildman–Crippen MR) is 41.1 cm³/mol. The van der Waals surface area contributed by atoms with E-state index in [-0.39, 0.29) is 0 Å². The number of hydrogen-bond acceptors (Lipinski definition) is 2. The van der Waals surface area contributed by atoms with Crippen molar-refractivity contribution in [1.82, 2.24) is 5.32 Å². The minimum absolute atomic E-state index is 0.327. The predicted octanol–water partition coefficient (Wildman–Crippen LogP) is 1.23. The number of nitriles is 1. The lowest BCUT2D eigenvalue weighted by atomic mass is 10.3. The van der Waals surface area contributed by atoms with E-state index < -0.39 is 0 Å². The molecule has 0 unspecified atom stereocenters. The van der Waals surface area contributed by atoms with Crippen molar-refractivity contribution in [2.45, 2.75) is 26.3 Å². The average Bonchev–Trinajstić information content (AvgIpc) is 1.63. The van der Waals surface area contributed by atoms with E-state index >= 15 is 0 Å². The Morgan fingerprint density at radius 3 is 2.67 bits per heavy atom. The summed E-state index contributed by atoms with van der Waals surface area (Å²) in [6, 6.07) is 2.31. The van der Waals surface area contributed by atoms with Crippen molar-refractivity contribution in [3.05, 3.63) is 0 Å². The van der Waals surface area contributed by atoms with Crippen LogP contribution in [0.3, 0.4) is 0 Å². The van der Waals surface area contributed by atoms with Crippen LogP contribution in [0.5, 0.6) is 0 Å². The smallest absolute Gasteiger partial charge is 0.0898 e. The van der Waals surface area contributed by atoms with Crippen LogP contribution in [0.2, 0.25) is 0 Å². The topological polar surface area (TPSA) is 35.8 Å². The first-order valence-electron chi connectivity index (χ1n) is 2.83. The Labute approximate surface area is 60.9 Å². The van der Waals surface area contributed by atoms with Gasteiger partial charge in [0.2, 0.25) is 0 Å². The minimum Gasteiger partial charge on any atom is -0.377 e. The Kier molecular flexibility index (Phi) is 3.98. The van der Waals surface area contributed by atoms with Gasteiger partial charge in [-0.25, -0.2) is 0 Å². The van der Waals surface area contributed by atoms with Gasteiger partial charge in [-0.1, -0.05) is 12.2 Å². The Morgan fingerprint density at radius 1 is 1.78 bits per heavy atom. The first-order valence-corrected chi connectivity index (χ1v) is 3.24. The third kappa shape index (κ3) is 5.25. The highest BCUT2D eigenvalue weighted by atomic mass is 32.1. The lowest BCUT2D eigenvalue weighted by molar-refractivity contribution is 0.735. The lowest BCUT2D eigenvalue weighted by Gasteiger charge is -2.06. The molecule has 0 rings (SSSR count). The van der Waals surface area contributed by atoms with Crippen LogP contribution in [0, 0.1) is 11.3 Å². The van der Waals surface area contributed by atoms with Crippen LogP contribution in [0.25, 0.3) is 0 Å². The zero-order valence-electron chi connectivity index (χ0n) is 5.64. The number of hydrogen-bond donors (Lipinski definition) is 1. The maximum absolute atomic E-state index is 8.17. The molecule has 9 heavy (non-hydrogen) atoms. The summed E-state index contributed by atoms with van der Waals surface area (Å²) in [6.07, 6.45) is 0.327. The van der Waals surface area contributed by atoms with E-state index in [1.165, 1.54) is 0 Å². The maximum Gasteiger partial charge on any atom is 0.0898 e. The largest absolute Gasteiger partial charge is 0.377 e. The van der Waals surface area contributed by atoms with Gasteiger partial charge in [0.25, 0.3) is 0 Å². The van der Waals surface area contributed by atoms with Gasteiger partial charge in [-0.3, -0.25) is 0 Å². The molecule has 0 radical (unpaired) electrons. The second kappa shape index (κ2) is 4.28. The summed E-state index contributed by atoms with van der Waals surface area (Å²) in [5, 5.41) is 11.1. The fraction of sp³-hybridized carbons (Fsp3) is 0.667. The molecule has 0 aromatic rings. The quantitative estimate of drug-likeness (QED) is 0.589. The van der Waals surface area contributed by atoms with Crippen molar-refractivity contribution in [3.63, 3.8) is 0 Å². The maximum atomic E-state index is 8.17. The molecular weight excluding hydrogens is 132 g/mol. The highest BCUT2D eigenvalue weighted by Crippen LogP contribution is 1.83. The Balaban J connectivity index is 3.42. The molecule has 0 fully saturated rings. The van der Waals surface area contributed by atoms with Gasteiger partial charge in [0.15, 0.2) is 0 Å². The van der Waals surface area contributed by atoms with Crippen molar-refractivity contribution in [2.24, 2.45) is 0 Å². The third-order valence-corrected chi connectivity index (χ3v) is 0.951. The molecule has 0 atom stereocenters. The highest BCUT2D eigenvalue weighted by Gasteiger charge is 1.95. The molecule has 0 bridgehead atoms. The van der Waals surface area contributed by atoms with Gasteiger partial charge >= 0.3 is 0 Å². The molecule has 0 aliphatic carbocycles. The first-order chi connectivity index (χ1) is 4.16. The fourth-order valence-corrected chi connectivity index (χ4v) is 0.745. The molecule has 0 aliphatic heterocycles. The molecule has 0 spiro atoms. The highest BCUT2D eigenvalue weighted by molar-refractivity contribution is 7.80. The Morgan fingerprint density at radius 2 is 2.33 bits per heavy atom. The molecule has 0 aromatic heterocycles. The second-order valence-corrected chi connectivity index (χ2v) is 2.55. The van der Waals surface area contributed by atoms with Crippen molar-refractivity contribution in [2.75, 3.05) is 0 Å². The number of nitrogens with one attached hydrogen (secondary N) is 1. The van der Waals surface area contributed by atoms with Crippen molar-refractivity contribution in [1.29, 1.82) is 5.26 Å². The van der Waals surface area contributed by atoms with Crippen molar-refractivity contribution >= 4 is 17.2 Å². The van der Waals surface area contributed by atoms with E-state index in [0.29, 0.717) is 17.5 Å². The normalized spacial score (nSPS) is 8.67. The van der Waals surface area contributed by atoms with E-state index in [1.807, 2.05) is 19.9 Å². The second-order valence-electron chi connectivity index (χ2n) is 2.06. The van der Waals surface area contributed by atoms with Crippen LogP contribution >= 0.6 is 12.2 Å². The molecule has 0 saturated carbocycles. The molecule has 0 aromatic carbocycles. The molecule has 0 amide bonds. The summed E-state index contributed by atoms with van der Waals surface area (Å²) >= 11 is 4.80. The average molecular weight is 142 g/mol. The van der Waals surface area contributed by atoms with Crippen LogP contribution in [-0.4, -0.2) is 11.0 Å². The van der Waals surface area contributed by atoms with Crippen LogP contribution in [-0.2, 0) is 0 Å². The van der Waals surface area contributed by atoms with E-state index in [1.54, 1.807) is 0 Å². The van der Waals surface area contributed by atoms with E-state index in [4.69, 9.17) is 17.5 Å². The lowest BCUT2D eigenvalue weighted by Crippen LogP contribution is -2.27. The molecule has 3 heteroatoms. The monoisotopic (exact) mass is 142 g/mol. The molecular formula is C6H10N2S. The van der Waals surface area contributed by atoms with Gasteiger partial charge < -0.3 is 5.32 Å². The van der Waals surface area contributed by atoms with Crippen LogP contribution in [0.4, 0.5) is 0 Å². The summed E-state index contributed by atoms with van der Waals surface area (Å²) < 4.78 is 0. The Bertz CT molecular complexity index is 134. The Hall–Kier alpha value is -0.620. The summed E-state index contributed by atoms with van der Waals surface area (Å²) in [7, 11) is 0. The number of rotatable bonds is 2. The summed E-state index contributed by atoms with van der Waals surface area (Å²) in [4.78, 5) is 0.632. The van der Waals surface area contributed by atoms with Gasteiger partial charge in [-0.15, -0.1) is 0 Å². The van der Waals surface area contributed by atoms with Crippen LogP contribution in [0.15, 0.2) is 0 Å². The zero-order valence-corrected chi connectivity index (χ0v) is 6.46. The number of nitrogens with zero attached hydrogens (tertiary/aromatic N) is 1. The van der Waals surface area contributed by atoms with Crippen LogP contribution in [0.1, 0.15) is 20.3 Å². The molecule has 50 valence electrons. The summed E-state index contributed by atoms with van der Waals surface area (Å²) in [6.45, 7) is 3.98. The standard InChI is InChI=1S/C6H10N2S/c1-5(2)8-6(9)3-4-7/h5H,3H2,1-2H3,(H,8,9). The van der Waals surface area contributed by atoms with Gasteiger partial charge in [-0.05, 0) is 13.8 Å². The first kappa shape index (κ1) is 8.38. The molecule has 0 aliphatic rings. The van der Waals surface area contributed by atoms with Crippen molar-refractivity contribution in [3.8, 4) is 6.07 Å². The molecule has 0 saturated heterocycles. The minimum atomic E-state index is 0.327. The molecule has 2 nitrogen and oxygen atoms in total. The molecule has 1 N–H and O–H groups in total.